The highest BCUT2D eigenvalue weighted by Gasteiger charge is 2.32. The van der Waals surface area contributed by atoms with Gasteiger partial charge >= 0.3 is 0 Å². The van der Waals surface area contributed by atoms with Gasteiger partial charge in [0.15, 0.2) is 11.5 Å². The molecule has 0 spiro atoms. The smallest absolute Gasteiger partial charge is 0.267 e. The standard InChI is InChI=1S/C25H22N4O3/c30-25(23-17-31-21-11-4-5-12-22(21)32-23)29(16-20-10-6-7-13-26-20)15-19-14-27-28-24(19)18-8-2-1-3-9-18/h1-14,23H,15-17H2,(H,27,28). The van der Waals surface area contributed by atoms with Crippen molar-refractivity contribution in [2.45, 2.75) is 19.2 Å². The van der Waals surface area contributed by atoms with Crippen LogP contribution in [-0.2, 0) is 17.9 Å². The molecule has 0 saturated carbocycles. The normalized spacial score (nSPS) is 14.7. The molecule has 2 aromatic carbocycles. The number of hydrogen-bond acceptors (Lipinski definition) is 5. The predicted octanol–water partition coefficient (Wildman–Crippen LogP) is 3.84. The first-order chi connectivity index (χ1) is 15.8. The molecule has 2 aromatic heterocycles. The molecule has 32 heavy (non-hydrogen) atoms. The summed E-state index contributed by atoms with van der Waals surface area (Å²) in [4.78, 5) is 19.7. The number of nitrogens with one attached hydrogen (secondary N) is 1. The highest BCUT2D eigenvalue weighted by molar-refractivity contribution is 5.82. The fraction of sp³-hybridized carbons (Fsp3) is 0.160. The topological polar surface area (TPSA) is 80.3 Å². The average Bonchev–Trinajstić information content (AvgIpc) is 3.32. The van der Waals surface area contributed by atoms with E-state index in [9.17, 15) is 4.79 Å². The van der Waals surface area contributed by atoms with Crippen molar-refractivity contribution in [3.8, 4) is 22.8 Å². The van der Waals surface area contributed by atoms with Crippen molar-refractivity contribution in [2.24, 2.45) is 0 Å². The minimum atomic E-state index is -0.735. The van der Waals surface area contributed by atoms with Crippen molar-refractivity contribution in [2.75, 3.05) is 6.61 Å². The summed E-state index contributed by atoms with van der Waals surface area (Å²) < 4.78 is 11.8. The van der Waals surface area contributed by atoms with Gasteiger partial charge in [0.2, 0.25) is 6.10 Å². The van der Waals surface area contributed by atoms with E-state index in [-0.39, 0.29) is 12.5 Å². The predicted molar refractivity (Wildman–Crippen MR) is 119 cm³/mol. The number of amides is 1. The first-order valence-electron chi connectivity index (χ1n) is 10.4. The summed E-state index contributed by atoms with van der Waals surface area (Å²) in [5.41, 5.74) is 3.60. The monoisotopic (exact) mass is 426 g/mol. The van der Waals surface area contributed by atoms with Gasteiger partial charge in [-0.25, -0.2) is 0 Å². The van der Waals surface area contributed by atoms with Crippen molar-refractivity contribution >= 4 is 5.91 Å². The Labute approximate surface area is 185 Å². The fourth-order valence-electron chi connectivity index (χ4n) is 3.74. The van der Waals surface area contributed by atoms with Gasteiger partial charge in [-0.2, -0.15) is 5.10 Å². The third-order valence-electron chi connectivity index (χ3n) is 5.32. The number of carbonyl (C=O) groups excluding carboxylic acids is 1. The zero-order valence-corrected chi connectivity index (χ0v) is 17.3. The summed E-state index contributed by atoms with van der Waals surface area (Å²) in [7, 11) is 0. The number of carbonyl (C=O) groups is 1. The van der Waals surface area contributed by atoms with Crippen molar-refractivity contribution in [1.29, 1.82) is 0 Å². The molecule has 1 atom stereocenters. The number of nitrogens with zero attached hydrogens (tertiary/aromatic N) is 3. The zero-order chi connectivity index (χ0) is 21.8. The Morgan fingerprint density at radius 1 is 0.969 bits per heavy atom. The second kappa shape index (κ2) is 8.93. The largest absolute Gasteiger partial charge is 0.485 e. The maximum Gasteiger partial charge on any atom is 0.267 e. The molecule has 1 amide bonds. The van der Waals surface area contributed by atoms with Gasteiger partial charge in [0, 0.05) is 18.3 Å². The van der Waals surface area contributed by atoms with E-state index < -0.39 is 6.10 Å². The minimum Gasteiger partial charge on any atom is -0.485 e. The first-order valence-corrected chi connectivity index (χ1v) is 10.4. The third kappa shape index (κ3) is 4.18. The van der Waals surface area contributed by atoms with Gasteiger partial charge in [-0.05, 0) is 29.8 Å². The molecular weight excluding hydrogens is 404 g/mol. The Hall–Kier alpha value is -4.13. The Balaban J connectivity index is 1.42. The molecular formula is C25H22N4O3. The molecule has 5 rings (SSSR count). The number of ether oxygens (including phenoxy) is 2. The number of hydrogen-bond donors (Lipinski definition) is 1. The van der Waals surface area contributed by atoms with Crippen LogP contribution in [0, 0.1) is 0 Å². The van der Waals surface area contributed by atoms with E-state index in [0.29, 0.717) is 24.6 Å². The second-order valence-corrected chi connectivity index (χ2v) is 7.52. The van der Waals surface area contributed by atoms with Gasteiger partial charge in [0.05, 0.1) is 24.1 Å². The zero-order valence-electron chi connectivity index (χ0n) is 17.3. The van der Waals surface area contributed by atoms with Crippen LogP contribution in [0.3, 0.4) is 0 Å². The van der Waals surface area contributed by atoms with Crippen LogP contribution in [-0.4, -0.2) is 38.7 Å². The number of H-pyrrole nitrogens is 1. The van der Waals surface area contributed by atoms with Crippen LogP contribution in [0.25, 0.3) is 11.3 Å². The number of rotatable bonds is 6. The molecule has 1 aliphatic heterocycles. The molecule has 3 heterocycles. The Morgan fingerprint density at radius 3 is 2.56 bits per heavy atom. The quantitative estimate of drug-likeness (QED) is 0.507. The molecule has 1 unspecified atom stereocenters. The van der Waals surface area contributed by atoms with E-state index in [0.717, 1.165) is 22.5 Å². The molecule has 0 radical (unpaired) electrons. The number of benzene rings is 2. The molecule has 0 bridgehead atoms. The second-order valence-electron chi connectivity index (χ2n) is 7.52. The van der Waals surface area contributed by atoms with E-state index in [4.69, 9.17) is 9.47 Å². The van der Waals surface area contributed by atoms with Crippen molar-refractivity contribution in [3.63, 3.8) is 0 Å². The maximum atomic E-state index is 13.5. The number of aromatic nitrogens is 3. The van der Waals surface area contributed by atoms with Crippen LogP contribution < -0.4 is 9.47 Å². The number of aromatic amines is 1. The molecule has 1 N–H and O–H groups in total. The Morgan fingerprint density at radius 2 is 1.75 bits per heavy atom. The number of fused-ring (bicyclic) bond motifs is 1. The van der Waals surface area contributed by atoms with E-state index >= 15 is 0 Å². The first kappa shape index (κ1) is 19.8. The van der Waals surface area contributed by atoms with Crippen LogP contribution in [0.4, 0.5) is 0 Å². The summed E-state index contributed by atoms with van der Waals surface area (Å²) in [6.07, 6.45) is 2.75. The number of para-hydroxylation sites is 2. The summed E-state index contributed by atoms with van der Waals surface area (Å²) in [5, 5.41) is 7.29. The van der Waals surface area contributed by atoms with Crippen molar-refractivity contribution in [3.05, 3.63) is 96.4 Å². The highest BCUT2D eigenvalue weighted by Crippen LogP contribution is 2.32. The third-order valence-corrected chi connectivity index (χ3v) is 5.32. The fourth-order valence-corrected chi connectivity index (χ4v) is 3.74. The van der Waals surface area contributed by atoms with E-state index in [2.05, 4.69) is 15.2 Å². The van der Waals surface area contributed by atoms with Crippen LogP contribution in [0.2, 0.25) is 0 Å². The molecule has 7 heteroatoms. The van der Waals surface area contributed by atoms with E-state index in [1.807, 2.05) is 66.7 Å². The van der Waals surface area contributed by atoms with Gasteiger partial charge in [0.1, 0.15) is 6.61 Å². The van der Waals surface area contributed by atoms with Crippen LogP contribution in [0.5, 0.6) is 11.5 Å². The summed E-state index contributed by atoms with van der Waals surface area (Å²) in [6, 6.07) is 23.0. The lowest BCUT2D eigenvalue weighted by atomic mass is 10.1. The maximum absolute atomic E-state index is 13.5. The van der Waals surface area contributed by atoms with Gasteiger partial charge in [0.25, 0.3) is 5.91 Å². The molecule has 7 nitrogen and oxygen atoms in total. The van der Waals surface area contributed by atoms with Crippen LogP contribution >= 0.6 is 0 Å². The Kier molecular flexibility index (Phi) is 5.53. The average molecular weight is 426 g/mol. The van der Waals surface area contributed by atoms with Crippen LogP contribution in [0.1, 0.15) is 11.3 Å². The minimum absolute atomic E-state index is 0.158. The molecule has 0 saturated heterocycles. The molecule has 4 aromatic rings. The summed E-state index contributed by atoms with van der Waals surface area (Å²) in [6.45, 7) is 0.865. The Bertz CT molecular complexity index is 1190. The lowest BCUT2D eigenvalue weighted by molar-refractivity contribution is -0.142. The molecule has 1 aliphatic rings. The van der Waals surface area contributed by atoms with Gasteiger partial charge in [-0.1, -0.05) is 48.5 Å². The van der Waals surface area contributed by atoms with Crippen LogP contribution in [0.15, 0.2) is 85.2 Å². The van der Waals surface area contributed by atoms with E-state index in [1.165, 1.54) is 0 Å². The molecule has 0 fully saturated rings. The summed E-state index contributed by atoms with van der Waals surface area (Å²) in [5.74, 6) is 1.06. The SMILES string of the molecule is O=C(C1COc2ccccc2O1)N(Cc1ccccn1)Cc1cn[nH]c1-c1ccccc1. The van der Waals surface area contributed by atoms with Crippen molar-refractivity contribution in [1.82, 2.24) is 20.1 Å². The van der Waals surface area contributed by atoms with Gasteiger partial charge in [-0.15, -0.1) is 0 Å². The molecule has 160 valence electrons. The molecule has 0 aliphatic carbocycles. The number of pyridine rings is 1. The summed E-state index contributed by atoms with van der Waals surface area (Å²) >= 11 is 0. The van der Waals surface area contributed by atoms with Gasteiger partial charge < -0.3 is 14.4 Å². The lowest BCUT2D eigenvalue weighted by Gasteiger charge is -2.30. The lowest BCUT2D eigenvalue weighted by Crippen LogP contribution is -2.46. The van der Waals surface area contributed by atoms with E-state index in [1.54, 1.807) is 23.4 Å². The van der Waals surface area contributed by atoms with Crippen molar-refractivity contribution < 1.29 is 14.3 Å². The highest BCUT2D eigenvalue weighted by atomic mass is 16.6. The van der Waals surface area contributed by atoms with Gasteiger partial charge in [-0.3, -0.25) is 14.9 Å².